The molecule has 0 saturated carbocycles. The molecule has 0 unspecified atom stereocenters. The van der Waals surface area contributed by atoms with Crippen molar-refractivity contribution in [3.8, 4) is 44.5 Å². The summed E-state index contributed by atoms with van der Waals surface area (Å²) < 4.78 is 0. The summed E-state index contributed by atoms with van der Waals surface area (Å²) in [4.78, 5) is 0. The topological polar surface area (TPSA) is 0 Å². The fourth-order valence-electron chi connectivity index (χ4n) is 10.2. The van der Waals surface area contributed by atoms with Gasteiger partial charge in [-0.3, -0.25) is 0 Å². The Morgan fingerprint density at radius 2 is 0.528 bits per heavy atom. The molecule has 0 N–H and O–H groups in total. The van der Waals surface area contributed by atoms with E-state index in [1.54, 1.807) is 23.3 Å². The molecule has 0 aliphatic carbocycles. The van der Waals surface area contributed by atoms with Gasteiger partial charge in [0.1, 0.15) is 0 Å². The van der Waals surface area contributed by atoms with E-state index in [1.165, 1.54) is 120 Å². The minimum atomic E-state index is 0. The van der Waals surface area contributed by atoms with Crippen molar-refractivity contribution in [2.75, 3.05) is 0 Å². The summed E-state index contributed by atoms with van der Waals surface area (Å²) in [5.74, 6) is 0. The van der Waals surface area contributed by atoms with Crippen molar-refractivity contribution in [2.45, 2.75) is 65.5 Å². The molecule has 356 valence electrons. The summed E-state index contributed by atoms with van der Waals surface area (Å²) in [5.41, 5.74) is 13.6. The Hall–Kier alpha value is -5.86. The Bertz CT molecular complexity index is 3400. The predicted octanol–water partition coefficient (Wildman–Crippen LogP) is 13.8. The first kappa shape index (κ1) is 52.5. The second-order valence-corrected chi connectivity index (χ2v) is 30.4. The maximum Gasteiger partial charge on any atom is -1.00 e. The molecular formula is C68H60Cl2SiZr-2. The van der Waals surface area contributed by atoms with Crippen LogP contribution in [-0.2, 0) is 34.2 Å². The van der Waals surface area contributed by atoms with Gasteiger partial charge in [0, 0.05) is 0 Å². The summed E-state index contributed by atoms with van der Waals surface area (Å²) >= 11 is 1.74. The van der Waals surface area contributed by atoms with Crippen molar-refractivity contribution in [3.05, 3.63) is 230 Å². The van der Waals surface area contributed by atoms with Gasteiger partial charge in [-0.1, -0.05) is 269 Å². The molecule has 0 amide bonds. The molecule has 0 atom stereocenters. The maximum absolute atomic E-state index is 2.42. The molecule has 12 aromatic carbocycles. The average Bonchev–Trinajstić information content (AvgIpc) is 4.03. The minimum Gasteiger partial charge on any atom is -1.00 e. The second kappa shape index (κ2) is 21.7. The molecule has 0 aliphatic heterocycles. The number of hydrogen-bond acceptors (Lipinski definition) is 0. The van der Waals surface area contributed by atoms with Gasteiger partial charge in [0.2, 0.25) is 0 Å². The smallest absolute Gasteiger partial charge is 1.00 e. The molecule has 0 saturated heterocycles. The molecule has 0 radical (unpaired) electrons. The van der Waals surface area contributed by atoms with Gasteiger partial charge in [-0.2, -0.15) is 12.1 Å². The van der Waals surface area contributed by atoms with Crippen molar-refractivity contribution in [1.82, 2.24) is 0 Å². The van der Waals surface area contributed by atoms with Crippen molar-refractivity contribution >= 4 is 70.1 Å². The molecular weight excluding hydrogens is 1010 g/mol. The van der Waals surface area contributed by atoms with Crippen LogP contribution in [-0.4, -0.2) is 5.43 Å². The second-order valence-electron chi connectivity index (χ2n) is 21.1. The third-order valence-electron chi connectivity index (χ3n) is 13.8. The Labute approximate surface area is 454 Å². The van der Waals surface area contributed by atoms with Crippen LogP contribution < -0.4 is 24.8 Å². The van der Waals surface area contributed by atoms with E-state index >= 15 is 0 Å². The average molecular weight is 1070 g/mol. The predicted molar refractivity (Wildman–Crippen MR) is 306 cm³/mol. The molecule has 12 aromatic rings. The van der Waals surface area contributed by atoms with Gasteiger partial charge in [0.25, 0.3) is 0 Å². The summed E-state index contributed by atoms with van der Waals surface area (Å²) in [7, 11) is 0. The van der Waals surface area contributed by atoms with E-state index < -0.39 is 0 Å². The molecule has 0 heterocycles. The van der Waals surface area contributed by atoms with Gasteiger partial charge in [-0.05, 0) is 65.0 Å². The normalized spacial score (nSPS) is 11.5. The zero-order valence-corrected chi connectivity index (χ0v) is 47.5. The number of fused-ring (bicyclic) bond motifs is 6. The monoisotopic (exact) mass is 1060 g/mol. The van der Waals surface area contributed by atoms with Crippen molar-refractivity contribution in [3.63, 3.8) is 0 Å². The zero-order chi connectivity index (χ0) is 48.7. The maximum atomic E-state index is 2.42. The van der Waals surface area contributed by atoms with Crippen LogP contribution in [0.5, 0.6) is 0 Å². The summed E-state index contributed by atoms with van der Waals surface area (Å²) in [6.07, 6.45) is 0. The van der Waals surface area contributed by atoms with Crippen LogP contribution in [0, 0.1) is 0 Å². The third-order valence-corrected chi connectivity index (χ3v) is 13.8. The standard InChI is InChI=1S/2C33H27.C2H6Si.2ClH.Zr/c2*1-33(2,3)24-20-31-29(27-16-8-12-22-10-4-6-14-25(22)27)18-19-30(32(31)21-24)28-17-9-13-23-11-5-7-15-26(23)28;1-3-2;;;/h2*4-21H,1-3H3;1-2H3;2*1H;/q2*-1;;;;+2/p-2. The zero-order valence-electron chi connectivity index (χ0n) is 42.5. The summed E-state index contributed by atoms with van der Waals surface area (Å²) in [6.45, 7) is 18.4. The molecule has 0 bridgehead atoms. The largest absolute Gasteiger partial charge is 1.00 e. The van der Waals surface area contributed by atoms with Gasteiger partial charge in [-0.15, -0.1) is 44.8 Å². The molecule has 12 rings (SSSR count). The van der Waals surface area contributed by atoms with Gasteiger partial charge in [0.05, 0.1) is 0 Å². The quantitative estimate of drug-likeness (QED) is 0.122. The molecule has 0 nitrogen and oxygen atoms in total. The van der Waals surface area contributed by atoms with E-state index in [0.29, 0.717) is 0 Å². The van der Waals surface area contributed by atoms with Gasteiger partial charge >= 0.3 is 41.9 Å². The SMILES string of the molecule is CC(C)(C)c1cc2c(-c3cccc4ccccc34)ccc(-c3cccc4ccccc34)c2[cH-]1.CC(C)(C)c1cc2c(-c3cccc4ccccc34)ccc(-c3cccc4ccccc34)c2[cH-]1.C[Si](C)=[Zr+2].[Cl-].[Cl-]. The Kier molecular flexibility index (Phi) is 15.8. The van der Waals surface area contributed by atoms with E-state index in [0.717, 1.165) is 0 Å². The molecule has 0 aromatic heterocycles. The van der Waals surface area contributed by atoms with Crippen LogP contribution in [0.4, 0.5) is 0 Å². The van der Waals surface area contributed by atoms with Crippen LogP contribution in [0.25, 0.3) is 109 Å². The van der Waals surface area contributed by atoms with Crippen LogP contribution >= 0.6 is 0 Å². The Morgan fingerprint density at radius 1 is 0.306 bits per heavy atom. The molecule has 0 fully saturated rings. The summed E-state index contributed by atoms with van der Waals surface area (Å²) in [5, 5.41) is 15.7. The Balaban J connectivity index is 0.000000175. The van der Waals surface area contributed by atoms with Crippen molar-refractivity contribution in [1.29, 1.82) is 0 Å². The molecule has 0 spiro atoms. The summed E-state index contributed by atoms with van der Waals surface area (Å²) in [6, 6.07) is 80.3. The fourth-order valence-corrected chi connectivity index (χ4v) is 10.2. The molecule has 72 heavy (non-hydrogen) atoms. The Morgan fingerprint density at radius 3 is 0.806 bits per heavy atom. The van der Waals surface area contributed by atoms with Gasteiger partial charge in [0.15, 0.2) is 0 Å². The fraction of sp³-hybridized carbons (Fsp3) is 0.147. The number of halogens is 2. The first-order valence-corrected chi connectivity index (χ1v) is 30.9. The number of hydrogen-bond donors (Lipinski definition) is 0. The van der Waals surface area contributed by atoms with E-state index in [2.05, 4.69) is 273 Å². The van der Waals surface area contributed by atoms with E-state index in [9.17, 15) is 0 Å². The van der Waals surface area contributed by atoms with Crippen molar-refractivity contribution < 1.29 is 48.1 Å². The van der Waals surface area contributed by atoms with E-state index in [-0.39, 0.29) is 41.1 Å². The van der Waals surface area contributed by atoms with E-state index in [1.807, 2.05) is 0 Å². The van der Waals surface area contributed by atoms with E-state index in [4.69, 9.17) is 0 Å². The molecule has 4 heteroatoms. The molecule has 0 aliphatic rings. The number of benzene rings is 10. The van der Waals surface area contributed by atoms with Crippen molar-refractivity contribution in [2.24, 2.45) is 0 Å². The first-order valence-electron chi connectivity index (χ1n) is 24.7. The number of rotatable bonds is 4. The van der Waals surface area contributed by atoms with Gasteiger partial charge in [-0.25, -0.2) is 0 Å². The third kappa shape index (κ3) is 10.5. The van der Waals surface area contributed by atoms with Crippen LogP contribution in [0.2, 0.25) is 13.1 Å². The first-order chi connectivity index (χ1) is 33.7. The van der Waals surface area contributed by atoms with Crippen LogP contribution in [0.1, 0.15) is 52.7 Å². The van der Waals surface area contributed by atoms with Crippen LogP contribution in [0.3, 0.4) is 0 Å². The van der Waals surface area contributed by atoms with Crippen LogP contribution in [0.15, 0.2) is 218 Å². The van der Waals surface area contributed by atoms with Gasteiger partial charge < -0.3 is 24.8 Å². The minimum absolute atomic E-state index is 0.